The fraction of sp³-hybridized carbons (Fsp3) is 0.727. The summed E-state index contributed by atoms with van der Waals surface area (Å²) in [5, 5.41) is 3.44. The lowest BCUT2D eigenvalue weighted by Crippen LogP contribution is -2.06. The third-order valence-corrected chi connectivity index (χ3v) is 3.70. The smallest absolute Gasteiger partial charge is 0.0939 e. The van der Waals surface area contributed by atoms with Crippen LogP contribution in [-0.2, 0) is 12.8 Å². The Balaban J connectivity index is 2.43. The molecule has 0 aliphatic heterocycles. The summed E-state index contributed by atoms with van der Waals surface area (Å²) >= 11 is 5.50. The van der Waals surface area contributed by atoms with Gasteiger partial charge >= 0.3 is 0 Å². The van der Waals surface area contributed by atoms with Gasteiger partial charge in [0.25, 0.3) is 0 Å². The minimum Gasteiger partial charge on any atom is -0.246 e. The van der Waals surface area contributed by atoms with Crippen LogP contribution in [0.4, 0.5) is 0 Å². The Morgan fingerprint density at radius 3 is 2.71 bits per heavy atom. The molecule has 0 spiro atoms. The summed E-state index contributed by atoms with van der Waals surface area (Å²) in [7, 11) is 0. The van der Waals surface area contributed by atoms with Crippen LogP contribution in [0.5, 0.6) is 0 Å². The summed E-state index contributed by atoms with van der Waals surface area (Å²) in [5.74, 6) is 0.755. The van der Waals surface area contributed by atoms with Gasteiger partial charge in [-0.3, -0.25) is 0 Å². The zero-order valence-electron chi connectivity index (χ0n) is 9.09. The molecule has 1 aromatic heterocycles. The van der Waals surface area contributed by atoms with Gasteiger partial charge in [0.1, 0.15) is 0 Å². The van der Waals surface area contributed by atoms with Gasteiger partial charge in [0.2, 0.25) is 0 Å². The lowest BCUT2D eigenvalue weighted by molar-refractivity contribution is 0.570. The maximum Gasteiger partial charge on any atom is 0.0939 e. The number of aryl methyl sites for hydroxylation is 1. The van der Waals surface area contributed by atoms with E-state index in [2.05, 4.69) is 47.1 Å². The third kappa shape index (κ3) is 4.09. The van der Waals surface area contributed by atoms with E-state index in [1.807, 2.05) is 0 Å². The second kappa shape index (κ2) is 5.86. The lowest BCUT2D eigenvalue weighted by Gasteiger charge is -2.09. The first-order valence-corrected chi connectivity index (χ1v) is 6.98. The average molecular weight is 276 g/mol. The maximum absolute atomic E-state index is 4.56. The standard InChI is InChI=1S/C11H18BrNS/c1-4-10-7-14-11(13-10)6-9(12)5-8(2)3/h7-9H,4-6H2,1-3H3. The van der Waals surface area contributed by atoms with E-state index in [1.165, 1.54) is 17.1 Å². The number of thiazole rings is 1. The Morgan fingerprint density at radius 1 is 1.50 bits per heavy atom. The molecule has 1 rings (SSSR count). The first-order valence-electron chi connectivity index (χ1n) is 5.19. The molecule has 1 heterocycles. The van der Waals surface area contributed by atoms with E-state index in [-0.39, 0.29) is 0 Å². The normalized spacial score (nSPS) is 13.5. The quantitative estimate of drug-likeness (QED) is 0.739. The number of hydrogen-bond acceptors (Lipinski definition) is 2. The van der Waals surface area contributed by atoms with Crippen molar-refractivity contribution in [1.29, 1.82) is 0 Å². The van der Waals surface area contributed by atoms with Crippen molar-refractivity contribution in [3.05, 3.63) is 16.1 Å². The van der Waals surface area contributed by atoms with Gasteiger partial charge in [-0.25, -0.2) is 4.98 Å². The molecular formula is C11H18BrNS. The zero-order chi connectivity index (χ0) is 10.6. The molecule has 0 radical (unpaired) electrons. The van der Waals surface area contributed by atoms with Gasteiger partial charge in [-0.05, 0) is 18.8 Å². The van der Waals surface area contributed by atoms with Crippen LogP contribution in [0.3, 0.4) is 0 Å². The highest BCUT2D eigenvalue weighted by atomic mass is 79.9. The van der Waals surface area contributed by atoms with Gasteiger partial charge in [-0.2, -0.15) is 0 Å². The van der Waals surface area contributed by atoms with Crippen LogP contribution in [-0.4, -0.2) is 9.81 Å². The number of halogens is 1. The Morgan fingerprint density at radius 2 is 2.21 bits per heavy atom. The predicted molar refractivity (Wildman–Crippen MR) is 67.4 cm³/mol. The third-order valence-electron chi connectivity index (χ3n) is 2.08. The summed E-state index contributed by atoms with van der Waals surface area (Å²) in [6, 6.07) is 0. The van der Waals surface area contributed by atoms with E-state index in [0.29, 0.717) is 4.83 Å². The minimum absolute atomic E-state index is 0.582. The van der Waals surface area contributed by atoms with Crippen molar-refractivity contribution in [2.24, 2.45) is 5.92 Å². The summed E-state index contributed by atoms with van der Waals surface area (Å²) < 4.78 is 0. The zero-order valence-corrected chi connectivity index (χ0v) is 11.5. The van der Waals surface area contributed by atoms with E-state index in [9.17, 15) is 0 Å². The van der Waals surface area contributed by atoms with Crippen molar-refractivity contribution in [3.63, 3.8) is 0 Å². The second-order valence-corrected chi connectivity index (χ2v) is 6.25. The topological polar surface area (TPSA) is 12.9 Å². The Kier molecular flexibility index (Phi) is 5.10. The highest BCUT2D eigenvalue weighted by Gasteiger charge is 2.10. The van der Waals surface area contributed by atoms with Crippen LogP contribution in [0.2, 0.25) is 0 Å². The average Bonchev–Trinajstić information content (AvgIpc) is 2.50. The fourth-order valence-corrected chi connectivity index (χ4v) is 3.62. The van der Waals surface area contributed by atoms with Crippen molar-refractivity contribution in [3.8, 4) is 0 Å². The van der Waals surface area contributed by atoms with Gasteiger partial charge in [0.15, 0.2) is 0 Å². The van der Waals surface area contributed by atoms with Crippen molar-refractivity contribution in [2.45, 2.75) is 44.9 Å². The minimum atomic E-state index is 0.582. The number of rotatable bonds is 5. The molecule has 80 valence electrons. The Hall–Kier alpha value is 0.110. The van der Waals surface area contributed by atoms with E-state index in [1.54, 1.807) is 11.3 Å². The van der Waals surface area contributed by atoms with Crippen molar-refractivity contribution < 1.29 is 0 Å². The summed E-state index contributed by atoms with van der Waals surface area (Å²) in [4.78, 5) is 5.15. The van der Waals surface area contributed by atoms with Crippen LogP contribution >= 0.6 is 27.3 Å². The van der Waals surface area contributed by atoms with Gasteiger partial charge < -0.3 is 0 Å². The number of nitrogens with zero attached hydrogens (tertiary/aromatic N) is 1. The number of aromatic nitrogens is 1. The molecule has 0 saturated heterocycles. The number of alkyl halides is 1. The molecule has 0 saturated carbocycles. The van der Waals surface area contributed by atoms with Crippen LogP contribution in [0.1, 0.15) is 37.9 Å². The molecule has 0 N–H and O–H groups in total. The van der Waals surface area contributed by atoms with Crippen LogP contribution < -0.4 is 0 Å². The van der Waals surface area contributed by atoms with Crippen LogP contribution in [0.15, 0.2) is 5.38 Å². The second-order valence-electron chi connectivity index (χ2n) is 4.02. The molecule has 0 aromatic carbocycles. The molecule has 0 bridgehead atoms. The molecular weight excluding hydrogens is 258 g/mol. The van der Waals surface area contributed by atoms with E-state index < -0.39 is 0 Å². The van der Waals surface area contributed by atoms with E-state index in [4.69, 9.17) is 0 Å². The molecule has 14 heavy (non-hydrogen) atoms. The molecule has 0 aliphatic rings. The highest BCUT2D eigenvalue weighted by molar-refractivity contribution is 9.09. The molecule has 1 atom stereocenters. The highest BCUT2D eigenvalue weighted by Crippen LogP contribution is 2.20. The van der Waals surface area contributed by atoms with Gasteiger partial charge in [-0.1, -0.05) is 36.7 Å². The Labute approximate surface area is 99.1 Å². The summed E-state index contributed by atoms with van der Waals surface area (Å²) in [5.41, 5.74) is 1.23. The van der Waals surface area contributed by atoms with Crippen molar-refractivity contribution in [1.82, 2.24) is 4.98 Å². The molecule has 1 nitrogen and oxygen atoms in total. The predicted octanol–water partition coefficient (Wildman–Crippen LogP) is 4.06. The first-order chi connectivity index (χ1) is 6.61. The van der Waals surface area contributed by atoms with Crippen molar-refractivity contribution in [2.75, 3.05) is 0 Å². The van der Waals surface area contributed by atoms with Gasteiger partial charge in [0.05, 0.1) is 10.7 Å². The summed E-state index contributed by atoms with van der Waals surface area (Å²) in [6.45, 7) is 6.67. The van der Waals surface area contributed by atoms with E-state index in [0.717, 1.165) is 18.8 Å². The van der Waals surface area contributed by atoms with E-state index >= 15 is 0 Å². The molecule has 1 unspecified atom stereocenters. The molecule has 1 aromatic rings. The van der Waals surface area contributed by atoms with Crippen LogP contribution in [0, 0.1) is 5.92 Å². The maximum atomic E-state index is 4.56. The van der Waals surface area contributed by atoms with Crippen molar-refractivity contribution >= 4 is 27.3 Å². The fourth-order valence-electron chi connectivity index (χ4n) is 1.39. The Bertz CT molecular complexity index is 270. The lowest BCUT2D eigenvalue weighted by atomic mass is 10.1. The summed E-state index contributed by atoms with van der Waals surface area (Å²) in [6.07, 6.45) is 3.34. The molecule has 0 amide bonds. The van der Waals surface area contributed by atoms with Crippen LogP contribution in [0.25, 0.3) is 0 Å². The first kappa shape index (κ1) is 12.2. The molecule has 3 heteroatoms. The molecule has 0 fully saturated rings. The SMILES string of the molecule is CCc1csc(CC(Br)CC(C)C)n1. The molecule has 0 aliphatic carbocycles. The number of hydrogen-bond donors (Lipinski definition) is 0. The largest absolute Gasteiger partial charge is 0.246 e. The van der Waals surface area contributed by atoms with Gasteiger partial charge in [-0.15, -0.1) is 11.3 Å². The van der Waals surface area contributed by atoms with Gasteiger partial charge in [0, 0.05) is 16.6 Å². The monoisotopic (exact) mass is 275 g/mol.